The minimum atomic E-state index is -0.490. The summed E-state index contributed by atoms with van der Waals surface area (Å²) in [4.78, 5) is 15.5. The highest BCUT2D eigenvalue weighted by Gasteiger charge is 2.21. The van der Waals surface area contributed by atoms with Crippen LogP contribution in [0.3, 0.4) is 0 Å². The normalized spacial score (nSPS) is 15.9. The third-order valence-electron chi connectivity index (χ3n) is 6.89. The second-order valence-electron chi connectivity index (χ2n) is 9.05. The van der Waals surface area contributed by atoms with Crippen molar-refractivity contribution in [3.05, 3.63) is 118 Å². The number of hydrogen-bond acceptors (Lipinski definition) is 3. The molecular formula is C28H29FN4O. The molecule has 6 heteroatoms. The van der Waals surface area contributed by atoms with Crippen molar-refractivity contribution < 1.29 is 4.39 Å². The van der Waals surface area contributed by atoms with Crippen molar-refractivity contribution in [2.45, 2.75) is 38.3 Å². The molecule has 4 aromatic rings. The summed E-state index contributed by atoms with van der Waals surface area (Å²) >= 11 is 0. The van der Waals surface area contributed by atoms with Crippen LogP contribution in [0.2, 0.25) is 0 Å². The van der Waals surface area contributed by atoms with E-state index in [-0.39, 0.29) is 11.5 Å². The molecule has 0 spiro atoms. The molecule has 0 amide bonds. The number of likely N-dealkylation sites (tertiary alicyclic amines) is 1. The maximum absolute atomic E-state index is 14.2. The first-order valence-corrected chi connectivity index (χ1v) is 11.9. The molecule has 34 heavy (non-hydrogen) atoms. The van der Waals surface area contributed by atoms with Gasteiger partial charge >= 0.3 is 5.69 Å². The van der Waals surface area contributed by atoms with Crippen LogP contribution in [0.25, 0.3) is 5.69 Å². The Morgan fingerprint density at radius 1 is 0.941 bits per heavy atom. The van der Waals surface area contributed by atoms with Gasteiger partial charge in [-0.25, -0.2) is 18.4 Å². The lowest BCUT2D eigenvalue weighted by molar-refractivity contribution is 0.204. The van der Waals surface area contributed by atoms with Crippen molar-refractivity contribution >= 4 is 0 Å². The second kappa shape index (κ2) is 9.77. The van der Waals surface area contributed by atoms with Gasteiger partial charge in [0.1, 0.15) is 12.1 Å². The summed E-state index contributed by atoms with van der Waals surface area (Å²) in [5.74, 6) is 0.192. The Balaban J connectivity index is 1.25. The summed E-state index contributed by atoms with van der Waals surface area (Å²) in [6.07, 6.45) is 3.77. The average Bonchev–Trinajstić information content (AvgIpc) is 3.26. The number of benzene rings is 3. The average molecular weight is 457 g/mol. The summed E-state index contributed by atoms with van der Waals surface area (Å²) in [6, 6.07) is 24.8. The molecule has 1 atom stereocenters. The molecule has 2 heterocycles. The van der Waals surface area contributed by atoms with Gasteiger partial charge in [-0.05, 0) is 68.1 Å². The van der Waals surface area contributed by atoms with Crippen LogP contribution in [-0.2, 0) is 6.54 Å². The monoisotopic (exact) mass is 456 g/mol. The first-order chi connectivity index (χ1) is 16.6. The highest BCUT2D eigenvalue weighted by molar-refractivity contribution is 5.36. The van der Waals surface area contributed by atoms with Gasteiger partial charge in [0, 0.05) is 12.1 Å². The van der Waals surface area contributed by atoms with Crippen LogP contribution in [-0.4, -0.2) is 32.3 Å². The molecule has 0 aliphatic carbocycles. The molecule has 1 aromatic heterocycles. The predicted octanol–water partition coefficient (Wildman–Crippen LogP) is 5.16. The van der Waals surface area contributed by atoms with E-state index in [0.717, 1.165) is 38.2 Å². The van der Waals surface area contributed by atoms with Gasteiger partial charge in [0.2, 0.25) is 0 Å². The van der Waals surface area contributed by atoms with Crippen LogP contribution in [0.1, 0.15) is 48.4 Å². The van der Waals surface area contributed by atoms with Crippen LogP contribution < -0.4 is 5.69 Å². The minimum absolute atomic E-state index is 0.280. The summed E-state index contributed by atoms with van der Waals surface area (Å²) in [5.41, 5.74) is 3.60. The van der Waals surface area contributed by atoms with Crippen molar-refractivity contribution in [1.82, 2.24) is 19.2 Å². The third-order valence-corrected chi connectivity index (χ3v) is 6.89. The molecule has 174 valence electrons. The van der Waals surface area contributed by atoms with Gasteiger partial charge in [-0.1, -0.05) is 60.7 Å². The zero-order valence-corrected chi connectivity index (χ0v) is 19.3. The van der Waals surface area contributed by atoms with Crippen molar-refractivity contribution in [2.24, 2.45) is 0 Å². The summed E-state index contributed by atoms with van der Waals surface area (Å²) < 4.78 is 17.0. The van der Waals surface area contributed by atoms with E-state index in [9.17, 15) is 9.18 Å². The Morgan fingerprint density at radius 3 is 2.32 bits per heavy atom. The van der Waals surface area contributed by atoms with Crippen LogP contribution >= 0.6 is 0 Å². The molecule has 0 saturated carbocycles. The smallest absolute Gasteiger partial charge is 0.299 e. The lowest BCUT2D eigenvalue weighted by atomic mass is 9.89. The van der Waals surface area contributed by atoms with Gasteiger partial charge in [-0.2, -0.15) is 5.10 Å². The van der Waals surface area contributed by atoms with Crippen LogP contribution in [0.4, 0.5) is 4.39 Å². The van der Waals surface area contributed by atoms with E-state index >= 15 is 0 Å². The Bertz CT molecular complexity index is 1290. The molecule has 0 bridgehead atoms. The van der Waals surface area contributed by atoms with Crippen LogP contribution in [0.15, 0.2) is 90.0 Å². The van der Waals surface area contributed by atoms with Gasteiger partial charge < -0.3 is 0 Å². The Labute approximate surface area is 199 Å². The first-order valence-electron chi connectivity index (χ1n) is 11.9. The molecular weight excluding hydrogens is 427 g/mol. The van der Waals surface area contributed by atoms with Gasteiger partial charge in [0.15, 0.2) is 0 Å². The summed E-state index contributed by atoms with van der Waals surface area (Å²) in [6.45, 7) is 4.96. The van der Waals surface area contributed by atoms with Crippen molar-refractivity contribution in [3.8, 4) is 5.69 Å². The number of hydrogen-bond donors (Lipinski definition) is 0. The Morgan fingerprint density at radius 2 is 1.62 bits per heavy atom. The highest BCUT2D eigenvalue weighted by Crippen LogP contribution is 2.29. The molecule has 0 radical (unpaired) electrons. The Hall–Kier alpha value is -3.51. The van der Waals surface area contributed by atoms with Crippen LogP contribution in [0.5, 0.6) is 0 Å². The summed E-state index contributed by atoms with van der Waals surface area (Å²) in [7, 11) is 0. The van der Waals surface area contributed by atoms with E-state index < -0.39 is 6.04 Å². The Kier molecular flexibility index (Phi) is 6.41. The van der Waals surface area contributed by atoms with Gasteiger partial charge in [0.25, 0.3) is 0 Å². The molecule has 1 fully saturated rings. The number of nitrogens with zero attached hydrogens (tertiary/aromatic N) is 4. The lowest BCUT2D eigenvalue weighted by Gasteiger charge is -2.32. The molecule has 1 aliphatic heterocycles. The van der Waals surface area contributed by atoms with Crippen LogP contribution in [0, 0.1) is 5.82 Å². The van der Waals surface area contributed by atoms with E-state index in [1.165, 1.54) is 32.8 Å². The maximum atomic E-state index is 14.2. The predicted molar refractivity (Wildman–Crippen MR) is 132 cm³/mol. The summed E-state index contributed by atoms with van der Waals surface area (Å²) in [5, 5.41) is 4.26. The fraction of sp³-hybridized carbons (Fsp3) is 0.286. The molecule has 3 aromatic carbocycles. The molecule has 1 saturated heterocycles. The van der Waals surface area contributed by atoms with Crippen molar-refractivity contribution in [1.29, 1.82) is 0 Å². The molecule has 5 rings (SSSR count). The number of aromatic nitrogens is 3. The number of rotatable bonds is 6. The number of halogens is 1. The van der Waals surface area contributed by atoms with E-state index in [2.05, 4.69) is 52.5 Å². The second-order valence-corrected chi connectivity index (χ2v) is 9.05. The van der Waals surface area contributed by atoms with E-state index in [0.29, 0.717) is 11.5 Å². The van der Waals surface area contributed by atoms with E-state index in [1.807, 2.05) is 12.1 Å². The molecule has 0 N–H and O–H groups in total. The van der Waals surface area contributed by atoms with Crippen molar-refractivity contribution in [3.63, 3.8) is 0 Å². The standard InChI is InChI=1S/C28H29FN4O/c1-21(26-9-5-6-10-27(26)29)33-28(34)32(20-30-33)25-13-11-23(12-14-25)24-15-17-31(18-16-24)19-22-7-3-2-4-8-22/h2-14,20-21,24H,15-19H2,1H3/t21-/m0/s1. The van der Waals surface area contributed by atoms with Gasteiger partial charge in [-0.3, -0.25) is 4.90 Å². The molecule has 5 nitrogen and oxygen atoms in total. The maximum Gasteiger partial charge on any atom is 0.350 e. The zero-order valence-electron chi connectivity index (χ0n) is 19.3. The number of piperidine rings is 1. The quantitative estimate of drug-likeness (QED) is 0.402. The minimum Gasteiger partial charge on any atom is -0.299 e. The lowest BCUT2D eigenvalue weighted by Crippen LogP contribution is -2.32. The van der Waals surface area contributed by atoms with Crippen molar-refractivity contribution in [2.75, 3.05) is 13.1 Å². The highest BCUT2D eigenvalue weighted by atomic mass is 19.1. The first kappa shape index (κ1) is 22.3. The molecule has 0 unspecified atom stereocenters. The zero-order chi connectivity index (χ0) is 23.5. The van der Waals surface area contributed by atoms with Gasteiger partial charge in [0.05, 0.1) is 11.7 Å². The fourth-order valence-corrected chi connectivity index (χ4v) is 4.88. The fourth-order valence-electron chi connectivity index (χ4n) is 4.88. The van der Waals surface area contributed by atoms with Gasteiger partial charge in [-0.15, -0.1) is 0 Å². The third kappa shape index (κ3) is 4.59. The van der Waals surface area contributed by atoms with E-state index in [1.54, 1.807) is 25.1 Å². The van der Waals surface area contributed by atoms with E-state index in [4.69, 9.17) is 0 Å². The largest absolute Gasteiger partial charge is 0.350 e. The topological polar surface area (TPSA) is 43.1 Å². The molecule has 1 aliphatic rings. The SMILES string of the molecule is C[C@@H](c1ccccc1F)n1ncn(-c2ccc(C3CCN(Cc4ccccc4)CC3)cc2)c1=O.